The molecule has 0 spiro atoms. The second kappa shape index (κ2) is 9.96. The third-order valence-electron chi connectivity index (χ3n) is 2.26. The van der Waals surface area contributed by atoms with Crippen molar-refractivity contribution >= 4 is 0 Å². The summed E-state index contributed by atoms with van der Waals surface area (Å²) in [6, 6.07) is 0. The first-order valence-electron chi connectivity index (χ1n) is 5.05. The van der Waals surface area contributed by atoms with Crippen LogP contribution in [-0.4, -0.2) is 37.1 Å². The van der Waals surface area contributed by atoms with E-state index in [0.29, 0.717) is 5.92 Å². The van der Waals surface area contributed by atoms with Crippen molar-refractivity contribution < 1.29 is 14.9 Å². The quantitative estimate of drug-likeness (QED) is 0.537. The molecule has 0 aromatic heterocycles. The maximum Gasteiger partial charge on any atom is 0.0465 e. The summed E-state index contributed by atoms with van der Waals surface area (Å²) < 4.78 is 4.95. The van der Waals surface area contributed by atoms with Gasteiger partial charge in [-0.15, -0.1) is 0 Å². The Morgan fingerprint density at radius 1 is 1.08 bits per heavy atom. The smallest absolute Gasteiger partial charge is 0.0465 e. The Labute approximate surface area is 80.7 Å². The molecule has 0 bridgehead atoms. The van der Waals surface area contributed by atoms with Crippen LogP contribution in [0.25, 0.3) is 0 Å². The topological polar surface area (TPSA) is 49.7 Å². The second-order valence-corrected chi connectivity index (χ2v) is 3.40. The molecule has 0 aliphatic rings. The Hall–Kier alpha value is -0.120. The van der Waals surface area contributed by atoms with E-state index in [2.05, 4.69) is 0 Å². The molecule has 3 heteroatoms. The van der Waals surface area contributed by atoms with Crippen molar-refractivity contribution in [3.05, 3.63) is 0 Å². The van der Waals surface area contributed by atoms with E-state index in [-0.39, 0.29) is 13.2 Å². The summed E-state index contributed by atoms with van der Waals surface area (Å²) in [5.74, 6) is 0.374. The van der Waals surface area contributed by atoms with E-state index >= 15 is 0 Å². The molecule has 13 heavy (non-hydrogen) atoms. The van der Waals surface area contributed by atoms with Gasteiger partial charge < -0.3 is 14.9 Å². The molecule has 0 aliphatic carbocycles. The molecule has 0 fully saturated rings. The fourth-order valence-electron chi connectivity index (χ4n) is 1.33. The summed E-state index contributed by atoms with van der Waals surface area (Å²) in [5, 5.41) is 17.6. The van der Waals surface area contributed by atoms with Gasteiger partial charge in [0.25, 0.3) is 0 Å². The van der Waals surface area contributed by atoms with Gasteiger partial charge in [-0.25, -0.2) is 0 Å². The van der Waals surface area contributed by atoms with E-state index < -0.39 is 0 Å². The highest BCUT2D eigenvalue weighted by molar-refractivity contribution is 4.57. The molecule has 0 saturated carbocycles. The normalized spacial score (nSPS) is 13.2. The van der Waals surface area contributed by atoms with Gasteiger partial charge in [0, 0.05) is 26.9 Å². The van der Waals surface area contributed by atoms with Crippen LogP contribution in [0.4, 0.5) is 0 Å². The van der Waals surface area contributed by atoms with Gasteiger partial charge in [-0.1, -0.05) is 12.8 Å². The monoisotopic (exact) mass is 190 g/mol. The van der Waals surface area contributed by atoms with Crippen molar-refractivity contribution in [3.8, 4) is 0 Å². The van der Waals surface area contributed by atoms with Crippen molar-refractivity contribution in [2.45, 2.75) is 32.1 Å². The molecule has 0 unspecified atom stereocenters. The minimum absolute atomic E-state index is 0.252. The predicted octanol–water partition coefficient (Wildman–Crippen LogP) is 1.18. The predicted molar refractivity (Wildman–Crippen MR) is 52.6 cm³/mol. The van der Waals surface area contributed by atoms with Crippen LogP contribution in [0.15, 0.2) is 0 Å². The van der Waals surface area contributed by atoms with E-state index in [9.17, 15) is 0 Å². The number of unbranched alkanes of at least 4 members (excludes halogenated alkanes) is 2. The lowest BCUT2D eigenvalue weighted by Gasteiger charge is -2.12. The molecule has 3 nitrogen and oxygen atoms in total. The molecule has 0 saturated heterocycles. The Balaban J connectivity index is 3.25. The lowest BCUT2D eigenvalue weighted by Crippen LogP contribution is -2.09. The minimum atomic E-state index is 0.252. The number of aliphatic hydroxyl groups is 2. The first-order valence-corrected chi connectivity index (χ1v) is 5.05. The molecule has 0 aromatic rings. The molecule has 2 N–H and O–H groups in total. The zero-order valence-electron chi connectivity index (χ0n) is 8.54. The van der Waals surface area contributed by atoms with Gasteiger partial charge in [0.15, 0.2) is 0 Å². The minimum Gasteiger partial charge on any atom is -0.396 e. The molecule has 1 atom stereocenters. The largest absolute Gasteiger partial charge is 0.396 e. The van der Waals surface area contributed by atoms with Crippen LogP contribution in [0.2, 0.25) is 0 Å². The van der Waals surface area contributed by atoms with E-state index in [0.717, 1.165) is 38.7 Å². The molecule has 0 aromatic carbocycles. The fourth-order valence-corrected chi connectivity index (χ4v) is 1.33. The van der Waals surface area contributed by atoms with E-state index in [1.165, 1.54) is 0 Å². The summed E-state index contributed by atoms with van der Waals surface area (Å²) in [4.78, 5) is 0. The van der Waals surface area contributed by atoms with Crippen molar-refractivity contribution in [1.82, 2.24) is 0 Å². The summed E-state index contributed by atoms with van der Waals surface area (Å²) in [6.45, 7) is 1.26. The summed E-state index contributed by atoms with van der Waals surface area (Å²) in [5.41, 5.74) is 0. The van der Waals surface area contributed by atoms with Crippen molar-refractivity contribution in [2.24, 2.45) is 5.92 Å². The Bertz CT molecular complexity index is 96.2. The average Bonchev–Trinajstić information content (AvgIpc) is 2.17. The standard InChI is InChI=1S/C10H22O3/c1-13-8-6-10(9-12)5-3-2-4-7-11/h10-12H,2-9H2,1H3/t10-/m1/s1. The highest BCUT2D eigenvalue weighted by atomic mass is 16.5. The van der Waals surface area contributed by atoms with Gasteiger partial charge in [0.2, 0.25) is 0 Å². The van der Waals surface area contributed by atoms with Gasteiger partial charge in [-0.3, -0.25) is 0 Å². The lowest BCUT2D eigenvalue weighted by atomic mass is 9.99. The maximum atomic E-state index is 9.00. The van der Waals surface area contributed by atoms with Crippen molar-refractivity contribution in [1.29, 1.82) is 0 Å². The highest BCUT2D eigenvalue weighted by Gasteiger charge is 2.06. The number of methoxy groups -OCH3 is 1. The first-order chi connectivity index (χ1) is 6.35. The van der Waals surface area contributed by atoms with Gasteiger partial charge in [-0.2, -0.15) is 0 Å². The molecule has 0 radical (unpaired) electrons. The zero-order chi connectivity index (χ0) is 9.94. The molecule has 0 heterocycles. The Morgan fingerprint density at radius 3 is 2.38 bits per heavy atom. The fraction of sp³-hybridized carbons (Fsp3) is 1.00. The Morgan fingerprint density at radius 2 is 1.85 bits per heavy atom. The number of aliphatic hydroxyl groups excluding tert-OH is 2. The third-order valence-corrected chi connectivity index (χ3v) is 2.26. The number of rotatable bonds is 9. The maximum absolute atomic E-state index is 9.00. The zero-order valence-corrected chi connectivity index (χ0v) is 8.54. The number of hydrogen-bond donors (Lipinski definition) is 2. The molecule has 0 amide bonds. The van der Waals surface area contributed by atoms with Crippen LogP contribution in [0.3, 0.4) is 0 Å². The molecular weight excluding hydrogens is 168 g/mol. The van der Waals surface area contributed by atoms with Crippen molar-refractivity contribution in [3.63, 3.8) is 0 Å². The first kappa shape index (κ1) is 12.9. The summed E-state index contributed by atoms with van der Waals surface area (Å²) in [7, 11) is 1.68. The van der Waals surface area contributed by atoms with Crippen LogP contribution in [0.1, 0.15) is 32.1 Å². The molecule has 80 valence electrons. The Kier molecular flexibility index (Phi) is 9.87. The van der Waals surface area contributed by atoms with Crippen LogP contribution < -0.4 is 0 Å². The summed E-state index contributed by atoms with van der Waals surface area (Å²) in [6.07, 6.45) is 5.00. The van der Waals surface area contributed by atoms with E-state index in [1.807, 2.05) is 0 Å². The highest BCUT2D eigenvalue weighted by Crippen LogP contribution is 2.12. The summed E-state index contributed by atoms with van der Waals surface area (Å²) >= 11 is 0. The van der Waals surface area contributed by atoms with E-state index in [4.69, 9.17) is 14.9 Å². The third kappa shape index (κ3) is 8.22. The molecule has 0 rings (SSSR count). The lowest BCUT2D eigenvalue weighted by molar-refractivity contribution is 0.142. The average molecular weight is 190 g/mol. The van der Waals surface area contributed by atoms with Crippen LogP contribution in [-0.2, 0) is 4.74 Å². The molecule has 0 aliphatic heterocycles. The SMILES string of the molecule is COCC[C@H](CO)CCCCCO. The van der Waals surface area contributed by atoms with Gasteiger partial charge in [-0.05, 0) is 25.2 Å². The molecular formula is C10H22O3. The van der Waals surface area contributed by atoms with Crippen LogP contribution in [0.5, 0.6) is 0 Å². The van der Waals surface area contributed by atoms with E-state index in [1.54, 1.807) is 7.11 Å². The number of hydrogen-bond acceptors (Lipinski definition) is 3. The van der Waals surface area contributed by atoms with Gasteiger partial charge >= 0.3 is 0 Å². The van der Waals surface area contributed by atoms with Gasteiger partial charge in [0.05, 0.1) is 0 Å². The van der Waals surface area contributed by atoms with Crippen molar-refractivity contribution in [2.75, 3.05) is 26.9 Å². The van der Waals surface area contributed by atoms with Crippen LogP contribution >= 0.6 is 0 Å². The number of ether oxygens (including phenoxy) is 1. The second-order valence-electron chi connectivity index (χ2n) is 3.40. The van der Waals surface area contributed by atoms with Crippen LogP contribution in [0, 0.1) is 5.92 Å². The van der Waals surface area contributed by atoms with Gasteiger partial charge in [0.1, 0.15) is 0 Å².